The van der Waals surface area contributed by atoms with E-state index in [0.29, 0.717) is 0 Å². The lowest BCUT2D eigenvalue weighted by Crippen LogP contribution is -2.45. The molecular weight excluding hydrogens is 380 g/mol. The number of fused-ring (bicyclic) bond motifs is 3. The smallest absolute Gasteiger partial charge is 0.202 e. The first-order valence-corrected chi connectivity index (χ1v) is 8.76. The number of aromatic hydroxyl groups is 2. The minimum atomic E-state index is -2.06. The summed E-state index contributed by atoms with van der Waals surface area (Å²) in [5.74, 6) is -4.36. The average Bonchev–Trinajstić information content (AvgIpc) is 2.67. The van der Waals surface area contributed by atoms with E-state index in [4.69, 9.17) is 4.74 Å². The van der Waals surface area contributed by atoms with E-state index in [-0.39, 0.29) is 28.0 Å². The normalized spacial score (nSPS) is 20.0. The lowest BCUT2D eigenvalue weighted by Gasteiger charge is -2.33. The fraction of sp³-hybridized carbons (Fsp3) is 0.238. The van der Waals surface area contributed by atoms with Crippen LogP contribution in [0.5, 0.6) is 17.2 Å². The highest BCUT2D eigenvalue weighted by Gasteiger charge is 2.47. The van der Waals surface area contributed by atoms with E-state index in [9.17, 15) is 34.5 Å². The van der Waals surface area contributed by atoms with Crippen LogP contribution in [0.25, 0.3) is 0 Å². The van der Waals surface area contributed by atoms with Crippen LogP contribution in [0, 0.1) is 0 Å². The fourth-order valence-electron chi connectivity index (χ4n) is 4.03. The highest BCUT2D eigenvalue weighted by atomic mass is 16.5. The first-order valence-electron chi connectivity index (χ1n) is 8.76. The largest absolute Gasteiger partial charge is 0.507 e. The first-order chi connectivity index (χ1) is 13.6. The number of aliphatic hydroxyl groups is 1. The van der Waals surface area contributed by atoms with E-state index < -0.39 is 64.2 Å². The average molecular weight is 396 g/mol. The molecule has 1 atom stereocenters. The Morgan fingerprint density at radius 3 is 2.24 bits per heavy atom. The highest BCUT2D eigenvalue weighted by molar-refractivity contribution is 6.32. The lowest BCUT2D eigenvalue weighted by atomic mass is 9.72. The number of hydrogen-bond acceptors (Lipinski definition) is 8. The summed E-state index contributed by atoms with van der Waals surface area (Å²) in [7, 11) is 1.32. The summed E-state index contributed by atoms with van der Waals surface area (Å²) in [5.41, 5.74) is -3.73. The Labute approximate surface area is 164 Å². The second-order valence-electron chi connectivity index (χ2n) is 7.21. The summed E-state index contributed by atoms with van der Waals surface area (Å²) in [6, 6.07) is 4.36. The van der Waals surface area contributed by atoms with Gasteiger partial charge in [0.25, 0.3) is 0 Å². The van der Waals surface area contributed by atoms with E-state index in [1.54, 1.807) is 0 Å². The number of phenols is 2. The predicted octanol–water partition coefficient (Wildman–Crippen LogP) is 1.33. The van der Waals surface area contributed by atoms with Crippen LogP contribution in [0.15, 0.2) is 18.2 Å². The topological polar surface area (TPSA) is 138 Å². The molecule has 0 aliphatic heterocycles. The molecule has 0 unspecified atom stereocenters. The second-order valence-corrected chi connectivity index (χ2v) is 7.21. The van der Waals surface area contributed by atoms with Gasteiger partial charge in [-0.3, -0.25) is 19.2 Å². The maximum atomic E-state index is 13.1. The maximum Gasteiger partial charge on any atom is 0.202 e. The Morgan fingerprint density at radius 2 is 1.62 bits per heavy atom. The van der Waals surface area contributed by atoms with Gasteiger partial charge in [-0.05, 0) is 13.0 Å². The van der Waals surface area contributed by atoms with Crippen LogP contribution in [0.3, 0.4) is 0 Å². The number of Topliss-reactive ketones (excluding diaryl/α,β-unsaturated/α-hetero) is 2. The maximum absolute atomic E-state index is 13.1. The van der Waals surface area contributed by atoms with Crippen molar-refractivity contribution < 1.29 is 39.2 Å². The molecule has 0 amide bonds. The van der Waals surface area contributed by atoms with Crippen LogP contribution in [0.1, 0.15) is 61.1 Å². The van der Waals surface area contributed by atoms with Crippen molar-refractivity contribution in [1.82, 2.24) is 0 Å². The fourth-order valence-corrected chi connectivity index (χ4v) is 4.03. The van der Waals surface area contributed by atoms with Crippen molar-refractivity contribution in [3.63, 3.8) is 0 Å². The molecule has 0 saturated heterocycles. The number of rotatable bonds is 2. The Morgan fingerprint density at radius 1 is 0.966 bits per heavy atom. The number of methoxy groups -OCH3 is 1. The Balaban J connectivity index is 2.05. The van der Waals surface area contributed by atoms with Crippen LogP contribution in [0.2, 0.25) is 0 Å². The van der Waals surface area contributed by atoms with Gasteiger partial charge in [-0.2, -0.15) is 0 Å². The molecule has 29 heavy (non-hydrogen) atoms. The van der Waals surface area contributed by atoms with Crippen molar-refractivity contribution in [2.24, 2.45) is 0 Å². The van der Waals surface area contributed by atoms with E-state index >= 15 is 0 Å². The molecule has 8 nitrogen and oxygen atoms in total. The monoisotopic (exact) mass is 396 g/mol. The molecule has 0 aromatic heterocycles. The first kappa shape index (κ1) is 18.8. The number of ether oxygens (including phenoxy) is 1. The van der Waals surface area contributed by atoms with E-state index in [2.05, 4.69) is 0 Å². The van der Waals surface area contributed by atoms with Crippen molar-refractivity contribution >= 4 is 23.1 Å². The Hall–Kier alpha value is -3.52. The molecule has 0 radical (unpaired) electrons. The number of carbonyl (C=O) groups is 4. The van der Waals surface area contributed by atoms with Gasteiger partial charge in [-0.1, -0.05) is 12.1 Å². The standard InChI is InChI=1S/C21H16O8/c1-8(22)21(28)6-10-13(11(23)7-21)19(26)16-15(18(10)25)17(24)9-4-3-5-12(29-2)14(9)20(16)27/h3-5,25-26,28H,6-7H2,1-2H3/t21-/m0/s1. The van der Waals surface area contributed by atoms with Gasteiger partial charge in [0.1, 0.15) is 22.8 Å². The molecule has 8 heteroatoms. The van der Waals surface area contributed by atoms with E-state index in [1.165, 1.54) is 25.3 Å². The highest BCUT2D eigenvalue weighted by Crippen LogP contribution is 2.48. The van der Waals surface area contributed by atoms with Gasteiger partial charge >= 0.3 is 0 Å². The van der Waals surface area contributed by atoms with Crippen molar-refractivity contribution in [1.29, 1.82) is 0 Å². The van der Waals surface area contributed by atoms with Gasteiger partial charge in [0.05, 0.1) is 29.4 Å². The number of hydrogen-bond donors (Lipinski definition) is 3. The third-order valence-electron chi connectivity index (χ3n) is 5.58. The van der Waals surface area contributed by atoms with Gasteiger partial charge in [0.2, 0.25) is 5.78 Å². The Kier molecular flexibility index (Phi) is 3.89. The van der Waals surface area contributed by atoms with E-state index in [0.717, 1.165) is 6.92 Å². The molecule has 2 aliphatic rings. The summed E-state index contributed by atoms with van der Waals surface area (Å²) in [5, 5.41) is 32.0. The van der Waals surface area contributed by atoms with Crippen LogP contribution < -0.4 is 4.74 Å². The van der Waals surface area contributed by atoms with Gasteiger partial charge < -0.3 is 20.1 Å². The zero-order chi connectivity index (χ0) is 21.2. The van der Waals surface area contributed by atoms with Crippen molar-refractivity contribution in [2.75, 3.05) is 7.11 Å². The Bertz CT molecular complexity index is 1160. The van der Waals surface area contributed by atoms with Crippen molar-refractivity contribution in [3.8, 4) is 17.2 Å². The molecule has 3 N–H and O–H groups in total. The summed E-state index contributed by atoms with van der Waals surface area (Å²) < 4.78 is 5.15. The van der Waals surface area contributed by atoms with Crippen LogP contribution in [-0.4, -0.2) is 51.2 Å². The predicted molar refractivity (Wildman–Crippen MR) is 97.9 cm³/mol. The zero-order valence-corrected chi connectivity index (χ0v) is 15.5. The van der Waals surface area contributed by atoms with Crippen molar-refractivity contribution in [2.45, 2.75) is 25.4 Å². The molecule has 2 aromatic rings. The minimum absolute atomic E-state index is 0.0273. The van der Waals surface area contributed by atoms with Gasteiger partial charge in [-0.15, -0.1) is 0 Å². The molecule has 148 valence electrons. The zero-order valence-electron chi connectivity index (χ0n) is 15.5. The van der Waals surface area contributed by atoms with Crippen LogP contribution >= 0.6 is 0 Å². The molecular formula is C21H16O8. The second kappa shape index (κ2) is 5.99. The summed E-state index contributed by atoms with van der Waals surface area (Å²) in [6.07, 6.45) is -1.08. The molecule has 0 bridgehead atoms. The van der Waals surface area contributed by atoms with E-state index in [1.807, 2.05) is 0 Å². The SMILES string of the molecule is COc1cccc2c1C(=O)c1c(O)c3c(c(O)c1C2=O)C[C@@](O)(C(C)=O)CC3=O. The molecule has 0 heterocycles. The minimum Gasteiger partial charge on any atom is -0.507 e. The quantitative estimate of drug-likeness (QED) is 0.552. The van der Waals surface area contributed by atoms with Crippen LogP contribution in [0.4, 0.5) is 0 Å². The molecule has 0 saturated carbocycles. The molecule has 0 fully saturated rings. The molecule has 2 aromatic carbocycles. The van der Waals surface area contributed by atoms with Gasteiger partial charge in [0, 0.05) is 24.0 Å². The summed E-state index contributed by atoms with van der Waals surface area (Å²) in [4.78, 5) is 50.6. The molecule has 4 rings (SSSR count). The van der Waals surface area contributed by atoms with Crippen LogP contribution in [-0.2, 0) is 11.2 Å². The lowest BCUT2D eigenvalue weighted by molar-refractivity contribution is -0.135. The number of benzene rings is 2. The molecule has 2 aliphatic carbocycles. The summed E-state index contributed by atoms with van der Waals surface area (Å²) >= 11 is 0. The number of phenolic OH excluding ortho intramolecular Hbond substituents is 2. The van der Waals surface area contributed by atoms with Gasteiger partial charge in [0.15, 0.2) is 17.3 Å². The number of ketones is 4. The summed E-state index contributed by atoms with van der Waals surface area (Å²) in [6.45, 7) is 1.10. The third-order valence-corrected chi connectivity index (χ3v) is 5.58. The van der Waals surface area contributed by atoms with Crippen molar-refractivity contribution in [3.05, 3.63) is 51.6 Å². The molecule has 0 spiro atoms. The van der Waals surface area contributed by atoms with Gasteiger partial charge in [-0.25, -0.2) is 0 Å². The number of carbonyl (C=O) groups excluding carboxylic acids is 4. The third kappa shape index (κ3) is 2.35.